The van der Waals surface area contributed by atoms with Crippen molar-refractivity contribution < 1.29 is 14.6 Å². The number of hydrogen-bond donors (Lipinski definition) is 2. The van der Waals surface area contributed by atoms with Gasteiger partial charge in [-0.1, -0.05) is 36.8 Å². The molecule has 0 bridgehead atoms. The molecule has 0 aliphatic carbocycles. The molecule has 0 spiro atoms. The van der Waals surface area contributed by atoms with Gasteiger partial charge in [0.2, 0.25) is 11.8 Å². The molecular weight excluding hydrogens is 378 g/mol. The van der Waals surface area contributed by atoms with Gasteiger partial charge in [-0.05, 0) is 55.3 Å². The van der Waals surface area contributed by atoms with Crippen LogP contribution in [0.5, 0.6) is 17.4 Å². The Morgan fingerprint density at radius 1 is 1.07 bits per heavy atom. The van der Waals surface area contributed by atoms with Crippen LogP contribution in [0.3, 0.4) is 0 Å². The average Bonchev–Trinajstić information content (AvgIpc) is 2.78. The van der Waals surface area contributed by atoms with Crippen LogP contribution < -0.4 is 10.1 Å². The molecule has 1 aliphatic rings. The minimum absolute atomic E-state index is 0.0213. The van der Waals surface area contributed by atoms with E-state index in [0.717, 1.165) is 31.4 Å². The SMILES string of the molecule is O=C(Nc1ccc(Oc2ccccc2)nc1)[C@H]1CCCCN1Cc1ccc(O)cc1. The number of nitrogens with one attached hydrogen (secondary N) is 1. The summed E-state index contributed by atoms with van der Waals surface area (Å²) >= 11 is 0. The van der Waals surface area contributed by atoms with Gasteiger partial charge in [-0.2, -0.15) is 0 Å². The molecule has 0 unspecified atom stereocenters. The molecule has 154 valence electrons. The normalized spacial score (nSPS) is 16.7. The Hall–Kier alpha value is -3.38. The fraction of sp³-hybridized carbons (Fsp3) is 0.250. The van der Waals surface area contributed by atoms with E-state index in [1.54, 1.807) is 30.5 Å². The van der Waals surface area contributed by atoms with Crippen LogP contribution in [-0.2, 0) is 11.3 Å². The number of amides is 1. The molecule has 2 heterocycles. The van der Waals surface area contributed by atoms with Crippen LogP contribution in [0.2, 0.25) is 0 Å². The highest BCUT2D eigenvalue weighted by molar-refractivity contribution is 5.94. The van der Waals surface area contributed by atoms with Crippen molar-refractivity contribution in [2.24, 2.45) is 0 Å². The molecule has 6 heteroatoms. The van der Waals surface area contributed by atoms with Crippen LogP contribution in [-0.4, -0.2) is 33.5 Å². The number of aromatic nitrogens is 1. The molecule has 1 fully saturated rings. The van der Waals surface area contributed by atoms with Crippen LogP contribution in [0.1, 0.15) is 24.8 Å². The lowest BCUT2D eigenvalue weighted by Gasteiger charge is -2.34. The summed E-state index contributed by atoms with van der Waals surface area (Å²) in [5, 5.41) is 12.5. The highest BCUT2D eigenvalue weighted by Gasteiger charge is 2.28. The minimum atomic E-state index is -0.187. The van der Waals surface area contributed by atoms with Gasteiger partial charge in [-0.25, -0.2) is 4.98 Å². The van der Waals surface area contributed by atoms with Crippen LogP contribution in [0, 0.1) is 0 Å². The summed E-state index contributed by atoms with van der Waals surface area (Å²) in [7, 11) is 0. The summed E-state index contributed by atoms with van der Waals surface area (Å²) in [6.45, 7) is 1.56. The number of para-hydroxylation sites is 1. The number of carbonyl (C=O) groups is 1. The quantitative estimate of drug-likeness (QED) is 0.630. The van der Waals surface area contributed by atoms with Crippen LogP contribution in [0.4, 0.5) is 5.69 Å². The predicted octanol–water partition coefficient (Wildman–Crippen LogP) is 4.57. The van der Waals surface area contributed by atoms with Crippen molar-refractivity contribution in [1.82, 2.24) is 9.88 Å². The minimum Gasteiger partial charge on any atom is -0.508 e. The lowest BCUT2D eigenvalue weighted by molar-refractivity contribution is -0.122. The van der Waals surface area contributed by atoms with Crippen molar-refractivity contribution in [3.8, 4) is 17.4 Å². The number of likely N-dealkylation sites (tertiary alicyclic amines) is 1. The number of piperidine rings is 1. The first kappa shape index (κ1) is 19.9. The van der Waals surface area contributed by atoms with E-state index >= 15 is 0 Å². The molecule has 6 nitrogen and oxygen atoms in total. The average molecular weight is 403 g/mol. The monoisotopic (exact) mass is 403 g/mol. The lowest BCUT2D eigenvalue weighted by atomic mass is 10.00. The third-order valence-corrected chi connectivity index (χ3v) is 5.21. The molecule has 2 N–H and O–H groups in total. The van der Waals surface area contributed by atoms with E-state index in [9.17, 15) is 9.90 Å². The fourth-order valence-electron chi connectivity index (χ4n) is 3.66. The zero-order valence-electron chi connectivity index (χ0n) is 16.7. The summed E-state index contributed by atoms with van der Waals surface area (Å²) in [5.74, 6) is 1.42. The number of ether oxygens (including phenoxy) is 1. The van der Waals surface area contributed by atoms with Gasteiger partial charge in [0.25, 0.3) is 0 Å². The molecule has 0 saturated carbocycles. The van der Waals surface area contributed by atoms with Crippen molar-refractivity contribution in [2.45, 2.75) is 31.8 Å². The Bertz CT molecular complexity index is 959. The highest BCUT2D eigenvalue weighted by atomic mass is 16.5. The second kappa shape index (κ2) is 9.41. The van der Waals surface area contributed by atoms with Gasteiger partial charge in [0.05, 0.1) is 17.9 Å². The Balaban J connectivity index is 1.38. The molecular formula is C24H25N3O3. The zero-order chi connectivity index (χ0) is 20.8. The summed E-state index contributed by atoms with van der Waals surface area (Å²) in [6.07, 6.45) is 4.55. The molecule has 0 radical (unpaired) electrons. The van der Waals surface area contributed by atoms with E-state index in [0.29, 0.717) is 23.9 Å². The summed E-state index contributed by atoms with van der Waals surface area (Å²) in [6, 6.07) is 20.0. The van der Waals surface area contributed by atoms with Crippen molar-refractivity contribution in [3.05, 3.63) is 78.5 Å². The van der Waals surface area contributed by atoms with E-state index in [2.05, 4.69) is 15.2 Å². The number of rotatable bonds is 6. The molecule has 30 heavy (non-hydrogen) atoms. The van der Waals surface area contributed by atoms with Crippen LogP contribution in [0.25, 0.3) is 0 Å². The van der Waals surface area contributed by atoms with Gasteiger partial charge < -0.3 is 15.2 Å². The fourth-order valence-corrected chi connectivity index (χ4v) is 3.66. The van der Waals surface area contributed by atoms with E-state index in [1.165, 1.54) is 0 Å². The molecule has 1 amide bonds. The van der Waals surface area contributed by atoms with Crippen molar-refractivity contribution in [2.75, 3.05) is 11.9 Å². The van der Waals surface area contributed by atoms with Gasteiger partial charge in [0.1, 0.15) is 11.5 Å². The van der Waals surface area contributed by atoms with Gasteiger partial charge in [0.15, 0.2) is 0 Å². The van der Waals surface area contributed by atoms with Crippen LogP contribution >= 0.6 is 0 Å². The third kappa shape index (κ3) is 5.15. The lowest BCUT2D eigenvalue weighted by Crippen LogP contribution is -2.46. The predicted molar refractivity (Wildman–Crippen MR) is 116 cm³/mol. The molecule has 2 aromatic carbocycles. The van der Waals surface area contributed by atoms with Gasteiger partial charge in [-0.3, -0.25) is 9.69 Å². The molecule has 1 aromatic heterocycles. The van der Waals surface area contributed by atoms with Crippen molar-refractivity contribution >= 4 is 11.6 Å². The second-order valence-electron chi connectivity index (χ2n) is 7.44. The topological polar surface area (TPSA) is 74.7 Å². The number of anilines is 1. The summed E-state index contributed by atoms with van der Waals surface area (Å²) in [5.41, 5.74) is 1.73. The maximum Gasteiger partial charge on any atom is 0.241 e. The molecule has 1 atom stereocenters. The van der Waals surface area contributed by atoms with E-state index < -0.39 is 0 Å². The number of phenols is 1. The standard InChI is InChI=1S/C24H25N3O3/c28-20-12-9-18(10-13-20)17-27-15-5-4-8-22(27)24(29)26-19-11-14-23(25-16-19)30-21-6-2-1-3-7-21/h1-3,6-7,9-14,16,22,28H,4-5,8,15,17H2,(H,26,29)/t22-/m1/s1. The number of nitrogens with zero attached hydrogens (tertiary/aromatic N) is 2. The van der Waals surface area contributed by atoms with Gasteiger partial charge >= 0.3 is 0 Å². The van der Waals surface area contributed by atoms with Crippen LogP contribution in [0.15, 0.2) is 72.9 Å². The summed E-state index contributed by atoms with van der Waals surface area (Å²) in [4.78, 5) is 19.4. The first-order valence-corrected chi connectivity index (χ1v) is 10.2. The first-order chi connectivity index (χ1) is 14.7. The van der Waals surface area contributed by atoms with Crippen molar-refractivity contribution in [1.29, 1.82) is 0 Å². The van der Waals surface area contributed by atoms with Crippen molar-refractivity contribution in [3.63, 3.8) is 0 Å². The first-order valence-electron chi connectivity index (χ1n) is 10.2. The molecule has 4 rings (SSSR count). The van der Waals surface area contributed by atoms with Gasteiger partial charge in [-0.15, -0.1) is 0 Å². The number of pyridine rings is 1. The number of hydrogen-bond acceptors (Lipinski definition) is 5. The summed E-state index contributed by atoms with van der Waals surface area (Å²) < 4.78 is 5.70. The van der Waals surface area contributed by atoms with Gasteiger partial charge in [0, 0.05) is 12.6 Å². The van der Waals surface area contributed by atoms with E-state index in [1.807, 2.05) is 42.5 Å². The van der Waals surface area contributed by atoms with E-state index in [4.69, 9.17) is 4.74 Å². The number of carbonyl (C=O) groups excluding carboxylic acids is 1. The third-order valence-electron chi connectivity index (χ3n) is 5.21. The Kier molecular flexibility index (Phi) is 6.25. The molecule has 1 aliphatic heterocycles. The Morgan fingerprint density at radius 3 is 2.60 bits per heavy atom. The molecule has 3 aromatic rings. The Morgan fingerprint density at radius 2 is 1.87 bits per heavy atom. The number of benzene rings is 2. The maximum absolute atomic E-state index is 12.9. The Labute approximate surface area is 176 Å². The van der Waals surface area contributed by atoms with E-state index in [-0.39, 0.29) is 17.7 Å². The molecule has 1 saturated heterocycles. The second-order valence-corrected chi connectivity index (χ2v) is 7.44. The highest BCUT2D eigenvalue weighted by Crippen LogP contribution is 2.23. The largest absolute Gasteiger partial charge is 0.508 e. The maximum atomic E-state index is 12.9. The number of aromatic hydroxyl groups is 1. The number of phenolic OH excluding ortho intramolecular Hbond substituents is 1. The zero-order valence-corrected chi connectivity index (χ0v) is 16.7. The smallest absolute Gasteiger partial charge is 0.241 e.